The molecule has 1 aliphatic rings. The Labute approximate surface area is 201 Å². The van der Waals surface area contributed by atoms with Crippen LogP contribution in [0.4, 0.5) is 5.13 Å². The van der Waals surface area contributed by atoms with Crippen LogP contribution in [0.5, 0.6) is 0 Å². The van der Waals surface area contributed by atoms with E-state index in [1.54, 1.807) is 0 Å². The van der Waals surface area contributed by atoms with Crippen molar-refractivity contribution >= 4 is 79.4 Å². The Kier molecular flexibility index (Phi) is 9.35. The van der Waals surface area contributed by atoms with Gasteiger partial charge in [-0.1, -0.05) is 5.16 Å². The summed E-state index contributed by atoms with van der Waals surface area (Å²) in [7, 11) is -3.78. The minimum Gasteiger partial charge on any atom is -0.465 e. The first-order valence-electron chi connectivity index (χ1n) is 8.79. The Morgan fingerprint density at radius 3 is 2.61 bits per heavy atom. The van der Waals surface area contributed by atoms with Crippen LogP contribution in [0.1, 0.15) is 12.1 Å². The summed E-state index contributed by atoms with van der Waals surface area (Å²) in [6, 6.07) is -2.65. The fraction of sp³-hybridized carbons (Fsp3) is 0.467. The van der Waals surface area contributed by atoms with Gasteiger partial charge in [0.15, 0.2) is 10.8 Å². The highest BCUT2D eigenvalue weighted by Crippen LogP contribution is 2.26. The smallest absolute Gasteiger partial charge is 0.362 e. The summed E-state index contributed by atoms with van der Waals surface area (Å²) in [5, 5.41) is 9.73. The fourth-order valence-electron chi connectivity index (χ4n) is 2.68. The second-order valence-electron chi connectivity index (χ2n) is 6.12. The van der Waals surface area contributed by atoms with E-state index in [1.165, 1.54) is 5.38 Å². The van der Waals surface area contributed by atoms with E-state index < -0.39 is 52.0 Å². The molecule has 182 valence electrons. The molecule has 1 aliphatic heterocycles. The van der Waals surface area contributed by atoms with Crippen molar-refractivity contribution in [2.75, 3.05) is 30.8 Å². The number of thiazole rings is 1. The summed E-state index contributed by atoms with van der Waals surface area (Å²) >= 11 is 11.7. The number of hydrogen-bond donors (Lipinski definition) is 3. The predicted octanol–water partition coefficient (Wildman–Crippen LogP) is -0.659. The lowest BCUT2D eigenvalue weighted by molar-refractivity contribution is -0.147. The van der Waals surface area contributed by atoms with Gasteiger partial charge in [-0.2, -0.15) is 8.42 Å². The van der Waals surface area contributed by atoms with Crippen molar-refractivity contribution in [3.8, 4) is 0 Å². The number of amides is 3. The number of halogens is 2. The van der Waals surface area contributed by atoms with Crippen LogP contribution >= 0.6 is 34.5 Å². The number of oxime groups is 1. The summed E-state index contributed by atoms with van der Waals surface area (Å²) in [4.78, 5) is 56.2. The largest absolute Gasteiger partial charge is 0.465 e. The molecule has 1 aromatic heterocycles. The second-order valence-corrected chi connectivity index (χ2v) is 8.80. The maximum atomic E-state index is 12.7. The van der Waals surface area contributed by atoms with Crippen molar-refractivity contribution < 1.29 is 41.7 Å². The van der Waals surface area contributed by atoms with Gasteiger partial charge in [0.2, 0.25) is 5.91 Å². The number of β-lactam (4-membered cyclic amide) rings is 1. The third kappa shape index (κ3) is 6.73. The number of ether oxygens (including phenoxy) is 1. The van der Waals surface area contributed by atoms with Crippen LogP contribution in [0, 0.1) is 0 Å². The highest BCUT2D eigenvalue weighted by molar-refractivity contribution is 7.84. The van der Waals surface area contributed by atoms with E-state index in [4.69, 9.17) is 27.9 Å². The topological polar surface area (TPSA) is 194 Å². The molecule has 2 heterocycles. The van der Waals surface area contributed by atoms with E-state index in [-0.39, 0.29) is 39.8 Å². The summed E-state index contributed by atoms with van der Waals surface area (Å²) in [6.07, 6.45) is -0.235. The van der Waals surface area contributed by atoms with Gasteiger partial charge in [-0.05, 0) is 0 Å². The quantitative estimate of drug-likeness (QED) is 0.0801. The molecule has 0 bridgehead atoms. The first kappa shape index (κ1) is 26.7. The van der Waals surface area contributed by atoms with Gasteiger partial charge in [-0.15, -0.1) is 34.5 Å². The molecule has 0 radical (unpaired) electrons. The van der Waals surface area contributed by atoms with Gasteiger partial charge in [-0.25, -0.2) is 9.29 Å². The van der Waals surface area contributed by atoms with Crippen molar-refractivity contribution in [3.63, 3.8) is 0 Å². The minimum atomic E-state index is -4.93. The molecule has 2 unspecified atom stereocenters. The summed E-state index contributed by atoms with van der Waals surface area (Å²) < 4.78 is 37.2. The first-order chi connectivity index (χ1) is 15.5. The third-order valence-corrected chi connectivity index (χ3v) is 6.17. The number of hydrogen-bond acceptors (Lipinski definition) is 11. The van der Waals surface area contributed by atoms with Gasteiger partial charge < -0.3 is 20.2 Å². The monoisotopic (exact) mass is 545 g/mol. The molecule has 1 fully saturated rings. The van der Waals surface area contributed by atoms with E-state index in [0.29, 0.717) is 0 Å². The van der Waals surface area contributed by atoms with Crippen LogP contribution < -0.4 is 10.6 Å². The van der Waals surface area contributed by atoms with Gasteiger partial charge in [0.05, 0.1) is 12.6 Å². The number of carbonyl (C=O) groups excluding carboxylic acids is 4. The number of carbonyl (C=O) groups is 4. The minimum absolute atomic E-state index is 0.0183. The van der Waals surface area contributed by atoms with Crippen LogP contribution in [0.15, 0.2) is 10.5 Å². The molecule has 2 atom stereocenters. The highest BCUT2D eigenvalue weighted by atomic mass is 35.5. The summed E-state index contributed by atoms with van der Waals surface area (Å²) in [5.41, 5.74) is -0.402. The lowest BCUT2D eigenvalue weighted by Gasteiger charge is -2.44. The average molecular weight is 546 g/mol. The Hall–Kier alpha value is -2.53. The van der Waals surface area contributed by atoms with E-state index in [2.05, 4.69) is 25.6 Å². The maximum Gasteiger partial charge on any atom is 0.362 e. The predicted molar refractivity (Wildman–Crippen MR) is 115 cm³/mol. The molecular formula is C15H17Cl2N5O9S2. The van der Waals surface area contributed by atoms with Crippen molar-refractivity contribution in [1.82, 2.24) is 14.6 Å². The molecular weight excluding hydrogens is 529 g/mol. The maximum absolute atomic E-state index is 12.7. The molecule has 1 aromatic rings. The van der Waals surface area contributed by atoms with Gasteiger partial charge in [0.1, 0.15) is 30.6 Å². The Morgan fingerprint density at radius 1 is 1.33 bits per heavy atom. The van der Waals surface area contributed by atoms with Gasteiger partial charge in [0, 0.05) is 11.8 Å². The molecule has 3 N–H and O–H groups in total. The molecule has 0 aromatic carbocycles. The standard InChI is InChI=1S/C15H17Cl2N5O9S2/c1-30-21-11(7-6-32-15(18-7)19-9(23)4-16)13(25)20-12-8(2-3-31-10(24)5-17)22(14(12)26)33(27,28)29/h6,8,12H,2-5H2,1H3,(H,20,25)(H,18,19,23)(H,27,28,29)/b21-11-. The zero-order valence-electron chi connectivity index (χ0n) is 16.7. The van der Waals surface area contributed by atoms with Crippen LogP contribution in [-0.4, -0.2) is 89.2 Å². The molecule has 2 rings (SSSR count). The Bertz CT molecular complexity index is 1060. The molecule has 14 nitrogen and oxygen atoms in total. The highest BCUT2D eigenvalue weighted by Gasteiger charge is 2.54. The van der Waals surface area contributed by atoms with Crippen LogP contribution in [-0.2, 0) is 39.1 Å². The fourth-order valence-corrected chi connectivity index (χ4v) is 4.44. The molecule has 0 spiro atoms. The molecule has 1 saturated heterocycles. The average Bonchev–Trinajstić information content (AvgIpc) is 3.21. The number of nitrogens with one attached hydrogen (secondary N) is 2. The number of esters is 1. The van der Waals surface area contributed by atoms with E-state index in [9.17, 15) is 32.1 Å². The van der Waals surface area contributed by atoms with Crippen LogP contribution in [0.3, 0.4) is 0 Å². The SMILES string of the molecule is CO/N=C(\C(=O)NC1C(=O)N(S(=O)(=O)O)C1CCOC(=O)CCl)c1csc(NC(=O)CCl)n1. The Morgan fingerprint density at radius 2 is 2.03 bits per heavy atom. The zero-order valence-corrected chi connectivity index (χ0v) is 19.8. The normalized spacial score (nSPS) is 18.4. The zero-order chi connectivity index (χ0) is 24.8. The van der Waals surface area contributed by atoms with Crippen molar-refractivity contribution in [2.45, 2.75) is 18.5 Å². The molecule has 33 heavy (non-hydrogen) atoms. The molecule has 18 heteroatoms. The molecule has 3 amide bonds. The number of aromatic nitrogens is 1. The van der Waals surface area contributed by atoms with Gasteiger partial charge >= 0.3 is 16.3 Å². The molecule has 0 saturated carbocycles. The summed E-state index contributed by atoms with van der Waals surface area (Å²) in [5.74, 6) is -4.15. The van der Waals surface area contributed by atoms with Gasteiger partial charge in [-0.3, -0.25) is 23.7 Å². The Balaban J connectivity index is 2.18. The lowest BCUT2D eigenvalue weighted by Crippen LogP contribution is -2.72. The number of alkyl halides is 2. The number of rotatable bonds is 11. The lowest BCUT2D eigenvalue weighted by atomic mass is 9.95. The summed E-state index contributed by atoms with van der Waals surface area (Å²) in [6.45, 7) is -0.337. The van der Waals surface area contributed by atoms with Crippen molar-refractivity contribution in [2.24, 2.45) is 5.16 Å². The number of nitrogens with zero attached hydrogens (tertiary/aromatic N) is 3. The van der Waals surface area contributed by atoms with Gasteiger partial charge in [0.25, 0.3) is 11.8 Å². The van der Waals surface area contributed by atoms with Crippen molar-refractivity contribution in [3.05, 3.63) is 11.1 Å². The number of anilines is 1. The van der Waals surface area contributed by atoms with Crippen LogP contribution in [0.25, 0.3) is 0 Å². The van der Waals surface area contributed by atoms with E-state index in [0.717, 1.165) is 18.4 Å². The second kappa shape index (κ2) is 11.6. The van der Waals surface area contributed by atoms with Crippen molar-refractivity contribution in [1.29, 1.82) is 0 Å². The van der Waals surface area contributed by atoms with E-state index in [1.807, 2.05) is 0 Å². The third-order valence-electron chi connectivity index (χ3n) is 4.00. The van der Waals surface area contributed by atoms with Crippen LogP contribution in [0.2, 0.25) is 0 Å². The first-order valence-corrected chi connectivity index (χ1v) is 12.1. The van der Waals surface area contributed by atoms with E-state index >= 15 is 0 Å². The molecule has 0 aliphatic carbocycles.